The maximum Gasteiger partial charge on any atom is 0.0572 e. The van der Waals surface area contributed by atoms with E-state index in [4.69, 9.17) is 4.84 Å². The van der Waals surface area contributed by atoms with Crippen molar-refractivity contribution in [3.8, 4) is 0 Å². The van der Waals surface area contributed by atoms with Crippen molar-refractivity contribution in [2.45, 2.75) is 31.3 Å². The largest absolute Gasteiger partial charge is 0.305 e. The predicted molar refractivity (Wildman–Crippen MR) is 43.1 cm³/mol. The second-order valence-electron chi connectivity index (χ2n) is 3.53. The number of hydrogen-bond donors (Lipinski definition) is 1. The first kappa shape index (κ1) is 7.53. The lowest BCUT2D eigenvalue weighted by Gasteiger charge is -2.14. The lowest BCUT2D eigenvalue weighted by atomic mass is 10.3. The normalized spacial score (nSPS) is 33.0. The highest BCUT2D eigenvalue weighted by Gasteiger charge is 2.34. The van der Waals surface area contributed by atoms with Crippen LogP contribution in [0.2, 0.25) is 0 Å². The Balaban J connectivity index is 1.74. The molecule has 0 aromatic carbocycles. The summed E-state index contributed by atoms with van der Waals surface area (Å²) < 4.78 is 0. The second kappa shape index (κ2) is 3.09. The van der Waals surface area contributed by atoms with Gasteiger partial charge in [-0.2, -0.15) is 5.48 Å². The van der Waals surface area contributed by atoms with E-state index in [1.54, 1.807) is 7.11 Å². The summed E-state index contributed by atoms with van der Waals surface area (Å²) in [6.07, 6.45) is 4.07. The molecular weight excluding hydrogens is 140 g/mol. The third-order valence-electron chi connectivity index (χ3n) is 2.57. The molecule has 0 bridgehead atoms. The van der Waals surface area contributed by atoms with Crippen LogP contribution < -0.4 is 5.48 Å². The molecule has 1 N–H and O–H groups in total. The Hall–Kier alpha value is -0.120. The Morgan fingerprint density at radius 1 is 1.36 bits per heavy atom. The van der Waals surface area contributed by atoms with Crippen LogP contribution in [0.25, 0.3) is 0 Å². The second-order valence-corrected chi connectivity index (χ2v) is 3.53. The quantitative estimate of drug-likeness (QED) is 0.598. The Labute approximate surface area is 67.7 Å². The van der Waals surface area contributed by atoms with Crippen molar-refractivity contribution in [2.24, 2.45) is 0 Å². The first-order chi connectivity index (χ1) is 5.40. The van der Waals surface area contributed by atoms with Crippen LogP contribution in [0, 0.1) is 0 Å². The lowest BCUT2D eigenvalue weighted by molar-refractivity contribution is 0.0628. The molecule has 0 amide bonds. The van der Waals surface area contributed by atoms with Crippen LogP contribution in [0.1, 0.15) is 19.3 Å². The summed E-state index contributed by atoms with van der Waals surface area (Å²) in [7, 11) is 1.69. The van der Waals surface area contributed by atoms with Crippen LogP contribution in [0.4, 0.5) is 0 Å². The Morgan fingerprint density at radius 3 is 2.82 bits per heavy atom. The van der Waals surface area contributed by atoms with E-state index in [2.05, 4.69) is 10.4 Å². The van der Waals surface area contributed by atoms with E-state index < -0.39 is 0 Å². The fraction of sp³-hybridized carbons (Fsp3) is 1.00. The third-order valence-corrected chi connectivity index (χ3v) is 2.57. The van der Waals surface area contributed by atoms with Gasteiger partial charge in [-0.25, -0.2) is 0 Å². The van der Waals surface area contributed by atoms with E-state index in [1.807, 2.05) is 0 Å². The van der Waals surface area contributed by atoms with Gasteiger partial charge in [0.05, 0.1) is 7.11 Å². The maximum atomic E-state index is 4.90. The topological polar surface area (TPSA) is 24.5 Å². The van der Waals surface area contributed by atoms with Gasteiger partial charge in [0.15, 0.2) is 0 Å². The number of likely N-dealkylation sites (tertiary alicyclic amines) is 1. The summed E-state index contributed by atoms with van der Waals surface area (Å²) in [4.78, 5) is 7.46. The zero-order valence-corrected chi connectivity index (χ0v) is 7.05. The van der Waals surface area contributed by atoms with E-state index in [0.29, 0.717) is 6.04 Å². The molecule has 1 aliphatic heterocycles. The highest BCUT2D eigenvalue weighted by molar-refractivity contribution is 4.90. The maximum absolute atomic E-state index is 4.90. The molecule has 1 saturated heterocycles. The molecule has 3 nitrogen and oxygen atoms in total. The molecule has 11 heavy (non-hydrogen) atoms. The fourth-order valence-corrected chi connectivity index (χ4v) is 1.82. The summed E-state index contributed by atoms with van der Waals surface area (Å²) in [5, 5.41) is 0. The van der Waals surface area contributed by atoms with Crippen molar-refractivity contribution in [3.05, 3.63) is 0 Å². The van der Waals surface area contributed by atoms with Crippen molar-refractivity contribution in [2.75, 3.05) is 20.2 Å². The van der Waals surface area contributed by atoms with Crippen molar-refractivity contribution in [1.82, 2.24) is 10.4 Å². The van der Waals surface area contributed by atoms with Gasteiger partial charge in [0.25, 0.3) is 0 Å². The van der Waals surface area contributed by atoms with Crippen LogP contribution >= 0.6 is 0 Å². The van der Waals surface area contributed by atoms with Crippen molar-refractivity contribution in [3.63, 3.8) is 0 Å². The molecule has 2 aliphatic rings. The Kier molecular flexibility index (Phi) is 2.11. The van der Waals surface area contributed by atoms with E-state index in [-0.39, 0.29) is 0 Å². The smallest absolute Gasteiger partial charge is 0.0572 e. The van der Waals surface area contributed by atoms with E-state index in [9.17, 15) is 0 Å². The molecule has 64 valence electrons. The van der Waals surface area contributed by atoms with Gasteiger partial charge in [0.2, 0.25) is 0 Å². The zero-order valence-electron chi connectivity index (χ0n) is 7.05. The summed E-state index contributed by atoms with van der Waals surface area (Å²) in [5.74, 6) is 0. The van der Waals surface area contributed by atoms with Crippen LogP contribution in [-0.2, 0) is 4.84 Å². The van der Waals surface area contributed by atoms with E-state index in [1.165, 1.54) is 32.4 Å². The van der Waals surface area contributed by atoms with Crippen molar-refractivity contribution in [1.29, 1.82) is 0 Å². The standard InChI is InChI=1S/C8H16N2O/c1-11-9-7-4-5-10(6-7)8-2-3-8/h7-9H,2-6H2,1H3. The monoisotopic (exact) mass is 156 g/mol. The number of hydroxylamine groups is 1. The fourth-order valence-electron chi connectivity index (χ4n) is 1.82. The molecule has 3 heteroatoms. The molecule has 0 radical (unpaired) electrons. The van der Waals surface area contributed by atoms with Gasteiger partial charge in [-0.1, -0.05) is 0 Å². The lowest BCUT2D eigenvalue weighted by Crippen LogP contribution is -2.32. The van der Waals surface area contributed by atoms with Gasteiger partial charge >= 0.3 is 0 Å². The molecule has 2 fully saturated rings. The van der Waals surface area contributed by atoms with E-state index in [0.717, 1.165) is 6.04 Å². The number of rotatable bonds is 3. The SMILES string of the molecule is CONC1CCN(C2CC2)C1. The minimum absolute atomic E-state index is 0.570. The Morgan fingerprint density at radius 2 is 2.18 bits per heavy atom. The number of nitrogens with zero attached hydrogens (tertiary/aromatic N) is 1. The van der Waals surface area contributed by atoms with Crippen LogP contribution in [0.5, 0.6) is 0 Å². The Bertz CT molecular complexity index is 136. The molecule has 2 rings (SSSR count). The molecule has 0 spiro atoms. The summed E-state index contributed by atoms with van der Waals surface area (Å²) in [6, 6.07) is 1.49. The first-order valence-electron chi connectivity index (χ1n) is 4.42. The van der Waals surface area contributed by atoms with Gasteiger partial charge in [-0.3, -0.25) is 4.90 Å². The average molecular weight is 156 g/mol. The summed E-state index contributed by atoms with van der Waals surface area (Å²) in [5.41, 5.74) is 3.02. The van der Waals surface area contributed by atoms with Crippen molar-refractivity contribution < 1.29 is 4.84 Å². The van der Waals surface area contributed by atoms with Crippen LogP contribution in [-0.4, -0.2) is 37.2 Å². The first-order valence-corrected chi connectivity index (χ1v) is 4.42. The van der Waals surface area contributed by atoms with Gasteiger partial charge in [-0.05, 0) is 19.3 Å². The third kappa shape index (κ3) is 1.72. The minimum Gasteiger partial charge on any atom is -0.305 e. The molecule has 0 aromatic rings. The van der Waals surface area contributed by atoms with Crippen LogP contribution in [0.15, 0.2) is 0 Å². The summed E-state index contributed by atoms with van der Waals surface area (Å²) >= 11 is 0. The highest BCUT2D eigenvalue weighted by Crippen LogP contribution is 2.29. The van der Waals surface area contributed by atoms with E-state index >= 15 is 0 Å². The molecule has 1 aliphatic carbocycles. The van der Waals surface area contributed by atoms with Gasteiger partial charge in [-0.15, -0.1) is 0 Å². The van der Waals surface area contributed by atoms with Crippen molar-refractivity contribution >= 4 is 0 Å². The number of hydrogen-bond acceptors (Lipinski definition) is 3. The minimum atomic E-state index is 0.570. The predicted octanol–water partition coefficient (Wildman–Crippen LogP) is 0.374. The molecule has 1 unspecified atom stereocenters. The number of nitrogens with one attached hydrogen (secondary N) is 1. The molecule has 1 heterocycles. The van der Waals surface area contributed by atoms with Gasteiger partial charge in [0, 0.05) is 25.2 Å². The average Bonchev–Trinajstić information content (AvgIpc) is 2.75. The molecule has 0 aromatic heterocycles. The van der Waals surface area contributed by atoms with Crippen LogP contribution in [0.3, 0.4) is 0 Å². The zero-order chi connectivity index (χ0) is 7.68. The highest BCUT2D eigenvalue weighted by atomic mass is 16.6. The molecular formula is C8H16N2O. The summed E-state index contributed by atoms with van der Waals surface area (Å²) in [6.45, 7) is 2.43. The van der Waals surface area contributed by atoms with Gasteiger partial charge in [0.1, 0.15) is 0 Å². The molecule has 1 saturated carbocycles. The van der Waals surface area contributed by atoms with Gasteiger partial charge < -0.3 is 4.84 Å². The molecule has 1 atom stereocenters.